The van der Waals surface area contributed by atoms with Gasteiger partial charge < -0.3 is 5.11 Å². The van der Waals surface area contributed by atoms with Crippen LogP contribution in [0.4, 0.5) is 0 Å². The van der Waals surface area contributed by atoms with Gasteiger partial charge in [-0.15, -0.1) is 0 Å². The maximum Gasteiger partial charge on any atom is 0.123 e. The van der Waals surface area contributed by atoms with Crippen molar-refractivity contribution in [1.29, 1.82) is 0 Å². The van der Waals surface area contributed by atoms with Crippen LogP contribution in [-0.2, 0) is 27.4 Å². The van der Waals surface area contributed by atoms with Crippen LogP contribution in [0.15, 0.2) is 59.5 Å². The number of aromatic hydroxyl groups is 1. The van der Waals surface area contributed by atoms with Gasteiger partial charge in [-0.05, 0) is 39.3 Å². The number of hydrogen-bond donors (Lipinski definition) is 1. The highest BCUT2D eigenvalue weighted by Crippen LogP contribution is 2.40. The third kappa shape index (κ3) is 4.15. The average molecular weight is 395 g/mol. The van der Waals surface area contributed by atoms with Gasteiger partial charge >= 0.3 is 0 Å². The van der Waals surface area contributed by atoms with Gasteiger partial charge in [-0.25, -0.2) is 0 Å². The maximum atomic E-state index is 13.4. The lowest BCUT2D eigenvalue weighted by molar-refractivity contribution is 0.422. The summed E-state index contributed by atoms with van der Waals surface area (Å²) in [5.41, 5.74) is 2.31. The van der Waals surface area contributed by atoms with Crippen LogP contribution in [0.1, 0.15) is 58.2 Å². The van der Waals surface area contributed by atoms with E-state index >= 15 is 0 Å². The quantitative estimate of drug-likeness (QED) is 0.554. The first kappa shape index (κ1) is 20.6. The van der Waals surface area contributed by atoms with E-state index < -0.39 is 10.8 Å². The van der Waals surface area contributed by atoms with Gasteiger partial charge in [0, 0.05) is 16.0 Å². The molecule has 1 unspecified atom stereocenters. The Morgan fingerprint density at radius 1 is 0.821 bits per heavy atom. The molecule has 0 amide bonds. The molecule has 0 aliphatic carbocycles. The molecule has 0 saturated carbocycles. The van der Waals surface area contributed by atoms with Crippen molar-refractivity contribution in [3.63, 3.8) is 0 Å². The Kier molecular flexibility index (Phi) is 5.42. The molecule has 0 aliphatic rings. The van der Waals surface area contributed by atoms with Gasteiger partial charge in [-0.2, -0.15) is 0 Å². The lowest BCUT2D eigenvalue weighted by Gasteiger charge is -2.28. The standard InChI is InChI=1S/C25H30O2S/c1-24(2,3)21-14-19(15-22(23(21)26)25(4,5)6)28(27)16-18-12-9-11-17-10-7-8-13-20(17)18/h7-15,26H,16H2,1-6H3. The minimum absolute atomic E-state index is 0.232. The minimum atomic E-state index is -1.20. The van der Waals surface area contributed by atoms with Crippen molar-refractivity contribution in [3.8, 4) is 5.75 Å². The van der Waals surface area contributed by atoms with Crippen molar-refractivity contribution in [1.82, 2.24) is 0 Å². The first-order chi connectivity index (χ1) is 13.0. The van der Waals surface area contributed by atoms with Crippen molar-refractivity contribution in [2.45, 2.75) is 63.0 Å². The number of hydrogen-bond acceptors (Lipinski definition) is 2. The molecular formula is C25H30O2S. The van der Waals surface area contributed by atoms with Gasteiger partial charge in [0.15, 0.2) is 0 Å². The van der Waals surface area contributed by atoms with Gasteiger partial charge in [-0.3, -0.25) is 4.21 Å². The van der Waals surface area contributed by atoms with Gasteiger partial charge in [0.1, 0.15) is 5.75 Å². The van der Waals surface area contributed by atoms with Crippen LogP contribution in [0.2, 0.25) is 0 Å². The average Bonchev–Trinajstić information content (AvgIpc) is 2.60. The van der Waals surface area contributed by atoms with Crippen molar-refractivity contribution in [3.05, 3.63) is 71.3 Å². The fourth-order valence-electron chi connectivity index (χ4n) is 3.53. The van der Waals surface area contributed by atoms with E-state index in [1.54, 1.807) is 0 Å². The van der Waals surface area contributed by atoms with E-state index in [4.69, 9.17) is 0 Å². The van der Waals surface area contributed by atoms with Crippen LogP contribution in [-0.4, -0.2) is 9.32 Å². The predicted molar refractivity (Wildman–Crippen MR) is 120 cm³/mol. The summed E-state index contributed by atoms with van der Waals surface area (Å²) >= 11 is 0. The predicted octanol–water partition coefficient (Wildman–Crippen LogP) is 6.45. The SMILES string of the molecule is CC(C)(C)c1cc(S(=O)Cc2cccc3ccccc23)cc(C(C)(C)C)c1O. The molecule has 0 aromatic heterocycles. The molecule has 3 aromatic rings. The summed E-state index contributed by atoms with van der Waals surface area (Å²) in [4.78, 5) is 0.778. The molecule has 0 bridgehead atoms. The third-order valence-electron chi connectivity index (χ3n) is 5.13. The van der Waals surface area contributed by atoms with Gasteiger partial charge in [0.05, 0.1) is 16.6 Å². The fraction of sp³-hybridized carbons (Fsp3) is 0.360. The molecule has 0 radical (unpaired) electrons. The lowest BCUT2D eigenvalue weighted by atomic mass is 9.79. The maximum absolute atomic E-state index is 13.4. The highest BCUT2D eigenvalue weighted by molar-refractivity contribution is 7.84. The molecule has 0 saturated heterocycles. The zero-order valence-corrected chi connectivity index (χ0v) is 18.5. The summed E-state index contributed by atoms with van der Waals surface area (Å²) < 4.78 is 13.4. The second-order valence-corrected chi connectivity index (χ2v) is 10.9. The Balaban J connectivity index is 2.08. The molecule has 0 spiro atoms. The third-order valence-corrected chi connectivity index (χ3v) is 6.46. The Bertz CT molecular complexity index is 996. The van der Waals surface area contributed by atoms with Crippen LogP contribution >= 0.6 is 0 Å². The van der Waals surface area contributed by atoms with E-state index in [2.05, 4.69) is 65.8 Å². The van der Waals surface area contributed by atoms with E-state index in [0.29, 0.717) is 11.5 Å². The molecule has 1 atom stereocenters. The molecule has 148 valence electrons. The van der Waals surface area contributed by atoms with E-state index in [1.807, 2.05) is 30.3 Å². The van der Waals surface area contributed by atoms with Gasteiger partial charge in [-0.1, -0.05) is 84.0 Å². The van der Waals surface area contributed by atoms with Crippen molar-refractivity contribution < 1.29 is 9.32 Å². The molecule has 0 aliphatic heterocycles. The molecule has 2 nitrogen and oxygen atoms in total. The van der Waals surface area contributed by atoms with E-state index in [9.17, 15) is 9.32 Å². The molecule has 3 heteroatoms. The summed E-state index contributed by atoms with van der Waals surface area (Å²) in [6, 6.07) is 18.2. The van der Waals surface area contributed by atoms with Crippen molar-refractivity contribution >= 4 is 21.6 Å². The second-order valence-electron chi connectivity index (χ2n) is 9.50. The number of rotatable bonds is 3. The van der Waals surface area contributed by atoms with Crippen LogP contribution < -0.4 is 0 Å². The second kappa shape index (κ2) is 7.36. The molecular weight excluding hydrogens is 364 g/mol. The Hall–Kier alpha value is -2.13. The van der Waals surface area contributed by atoms with Gasteiger partial charge in [0.2, 0.25) is 0 Å². The van der Waals surface area contributed by atoms with E-state index in [0.717, 1.165) is 32.4 Å². The molecule has 3 aromatic carbocycles. The number of fused-ring (bicyclic) bond motifs is 1. The number of phenols is 1. The monoisotopic (exact) mass is 394 g/mol. The first-order valence-corrected chi connectivity index (χ1v) is 11.0. The highest BCUT2D eigenvalue weighted by atomic mass is 32.2. The zero-order chi connectivity index (χ0) is 20.7. The van der Waals surface area contributed by atoms with Crippen LogP contribution in [0.25, 0.3) is 10.8 Å². The molecule has 0 fully saturated rings. The fourth-order valence-corrected chi connectivity index (χ4v) is 4.73. The largest absolute Gasteiger partial charge is 0.507 e. The smallest absolute Gasteiger partial charge is 0.123 e. The van der Waals surface area contributed by atoms with Crippen LogP contribution in [0.5, 0.6) is 5.75 Å². The van der Waals surface area contributed by atoms with Crippen molar-refractivity contribution in [2.24, 2.45) is 0 Å². The molecule has 3 rings (SSSR count). The summed E-state index contributed by atoms with van der Waals surface area (Å²) in [5.74, 6) is 0.783. The van der Waals surface area contributed by atoms with Crippen LogP contribution in [0.3, 0.4) is 0 Å². The summed E-state index contributed by atoms with van der Waals surface area (Å²) in [5, 5.41) is 13.2. The first-order valence-electron chi connectivity index (χ1n) is 9.71. The normalized spacial score (nSPS) is 13.6. The van der Waals surface area contributed by atoms with Gasteiger partial charge in [0.25, 0.3) is 0 Å². The topological polar surface area (TPSA) is 37.3 Å². The Labute approximate surface area is 171 Å². The summed E-state index contributed by atoms with van der Waals surface area (Å²) in [6.45, 7) is 12.5. The summed E-state index contributed by atoms with van der Waals surface area (Å²) in [7, 11) is -1.20. The van der Waals surface area contributed by atoms with Crippen molar-refractivity contribution in [2.75, 3.05) is 0 Å². The highest BCUT2D eigenvalue weighted by Gasteiger charge is 2.27. The number of phenolic OH excluding ortho intramolecular Hbond substituents is 1. The zero-order valence-electron chi connectivity index (χ0n) is 17.7. The van der Waals surface area contributed by atoms with E-state index in [-0.39, 0.29) is 10.8 Å². The summed E-state index contributed by atoms with van der Waals surface area (Å²) in [6.07, 6.45) is 0. The molecule has 0 heterocycles. The minimum Gasteiger partial charge on any atom is -0.507 e. The Morgan fingerprint density at radius 3 is 1.93 bits per heavy atom. The molecule has 28 heavy (non-hydrogen) atoms. The molecule has 1 N–H and O–H groups in total. The van der Waals surface area contributed by atoms with E-state index in [1.165, 1.54) is 0 Å². The van der Waals surface area contributed by atoms with Crippen LogP contribution in [0, 0.1) is 0 Å². The lowest BCUT2D eigenvalue weighted by Crippen LogP contribution is -2.18. The number of benzene rings is 3. The Morgan fingerprint density at radius 2 is 1.36 bits per heavy atom.